The van der Waals surface area contributed by atoms with Crippen LogP contribution in [-0.4, -0.2) is 60.9 Å². The molecular weight excluding hydrogens is 441 g/mol. The maximum atomic E-state index is 14.0. The summed E-state index contributed by atoms with van der Waals surface area (Å²) in [6.07, 6.45) is -2.64. The number of hydrogen-bond acceptors (Lipinski definition) is 6. The molecule has 168 valence electrons. The Morgan fingerprint density at radius 2 is 1.84 bits per heavy atom. The third-order valence-electron chi connectivity index (χ3n) is 5.30. The Morgan fingerprint density at radius 1 is 1.19 bits per heavy atom. The number of halogens is 1. The van der Waals surface area contributed by atoms with Crippen LogP contribution in [0.15, 0.2) is 41.3 Å². The van der Waals surface area contributed by atoms with Crippen LogP contribution in [-0.2, 0) is 10.0 Å². The average Bonchev–Trinajstić information content (AvgIpc) is 3.11. The number of hydrogen-bond donors (Lipinski definition) is 2. The second kappa shape index (κ2) is 8.73. The van der Waals surface area contributed by atoms with Crippen LogP contribution >= 0.6 is 0 Å². The van der Waals surface area contributed by atoms with E-state index in [1.54, 1.807) is 0 Å². The highest BCUT2D eigenvalue weighted by molar-refractivity contribution is 7.89. The first kappa shape index (κ1) is 23.4. The zero-order valence-electron chi connectivity index (χ0n) is 17.2. The summed E-state index contributed by atoms with van der Waals surface area (Å²) in [5.74, 6) is -0.562. The van der Waals surface area contributed by atoms with Crippen molar-refractivity contribution in [2.75, 3.05) is 20.2 Å². The number of rotatable bonds is 6. The molecule has 2 aromatic rings. The Morgan fingerprint density at radius 3 is 2.41 bits per heavy atom. The number of aliphatic hydroxyl groups excluding tert-OH is 1. The fraction of sp³-hybridized carbons (Fsp3) is 0.333. The van der Waals surface area contributed by atoms with Crippen molar-refractivity contribution in [2.45, 2.75) is 29.6 Å². The molecule has 3 rings (SSSR count). The van der Waals surface area contributed by atoms with Crippen molar-refractivity contribution >= 4 is 21.4 Å². The normalized spacial score (nSPS) is 22.0. The van der Waals surface area contributed by atoms with Gasteiger partial charge in [0.05, 0.1) is 37.8 Å². The molecule has 1 fully saturated rings. The molecule has 0 spiro atoms. The molecule has 1 aliphatic heterocycles. The van der Waals surface area contributed by atoms with Gasteiger partial charge < -0.3 is 19.7 Å². The molecule has 3 atom stereocenters. The number of benzene rings is 2. The van der Waals surface area contributed by atoms with Gasteiger partial charge in [-0.05, 0) is 37.3 Å². The highest BCUT2D eigenvalue weighted by Crippen LogP contribution is 2.37. The summed E-state index contributed by atoms with van der Waals surface area (Å²) >= 11 is 0. The van der Waals surface area contributed by atoms with Crippen molar-refractivity contribution in [3.8, 4) is 11.5 Å². The number of β-amino-alcohol motifs (C(OH)–C–C–N with tert-alkyl or cyclic N) is 1. The minimum Gasteiger partial charge on any atom is -0.498 e. The molecule has 0 unspecified atom stereocenters. The largest absolute Gasteiger partial charge is 0.498 e. The molecule has 0 aromatic heterocycles. The Kier molecular flexibility index (Phi) is 6.39. The van der Waals surface area contributed by atoms with Crippen LogP contribution in [0.4, 0.5) is 15.8 Å². The number of nitrogens with zero attached hydrogens (tertiary/aromatic N) is 3. The van der Waals surface area contributed by atoms with Gasteiger partial charge >= 0.3 is 0 Å². The molecule has 32 heavy (non-hydrogen) atoms. The summed E-state index contributed by atoms with van der Waals surface area (Å²) < 4.78 is 52.1. The van der Waals surface area contributed by atoms with E-state index in [0.29, 0.717) is 5.75 Å². The van der Waals surface area contributed by atoms with E-state index in [1.165, 1.54) is 44.4 Å². The molecule has 0 amide bonds. The van der Waals surface area contributed by atoms with E-state index in [9.17, 15) is 23.0 Å². The standard InChI is InChI=1S/C21H20FN3O6S/c1-13(26)21(27)12-25(11-20(21)31-15-5-7-17(23-2)16(22)9-15)32(28,29)19-8-6-14(30-4)10-18(19)24-3/h5-10,13,20,26-27H,11-12H2,1,4H3/t13-,20-,21+/m0/s1. The first-order valence-corrected chi connectivity index (χ1v) is 10.8. The van der Waals surface area contributed by atoms with Crippen molar-refractivity contribution in [2.24, 2.45) is 0 Å². The van der Waals surface area contributed by atoms with E-state index in [1.807, 2.05) is 0 Å². The van der Waals surface area contributed by atoms with Crippen LogP contribution < -0.4 is 9.47 Å². The minimum atomic E-state index is -4.26. The molecule has 2 N–H and O–H groups in total. The predicted octanol–water partition coefficient (Wildman–Crippen LogP) is 2.50. The van der Waals surface area contributed by atoms with Crippen LogP contribution in [0.5, 0.6) is 11.5 Å². The molecule has 1 saturated heterocycles. The van der Waals surface area contributed by atoms with Gasteiger partial charge in [-0.25, -0.2) is 22.5 Å². The zero-order chi connectivity index (χ0) is 23.7. The lowest BCUT2D eigenvalue weighted by Crippen LogP contribution is -2.53. The Bertz CT molecular complexity index is 1220. The Hall–Kier alpha value is -3.22. The van der Waals surface area contributed by atoms with Gasteiger partial charge in [0.25, 0.3) is 0 Å². The molecule has 2 aromatic carbocycles. The third kappa shape index (κ3) is 4.11. The monoisotopic (exact) mass is 461 g/mol. The van der Waals surface area contributed by atoms with Crippen molar-refractivity contribution in [3.63, 3.8) is 0 Å². The predicted molar refractivity (Wildman–Crippen MR) is 112 cm³/mol. The number of methoxy groups -OCH3 is 1. The smallest absolute Gasteiger partial charge is 0.233 e. The second-order valence-electron chi connectivity index (χ2n) is 7.24. The molecule has 1 heterocycles. The molecule has 0 aliphatic carbocycles. The van der Waals surface area contributed by atoms with Crippen LogP contribution in [0.2, 0.25) is 0 Å². The first-order valence-electron chi connectivity index (χ1n) is 9.36. The lowest BCUT2D eigenvalue weighted by atomic mass is 9.94. The zero-order valence-corrected chi connectivity index (χ0v) is 18.0. The summed E-state index contributed by atoms with van der Waals surface area (Å²) in [7, 11) is -2.87. The van der Waals surface area contributed by atoms with E-state index in [-0.39, 0.29) is 28.6 Å². The van der Waals surface area contributed by atoms with Gasteiger partial charge in [-0.15, -0.1) is 0 Å². The first-order chi connectivity index (χ1) is 15.1. The van der Waals surface area contributed by atoms with Crippen molar-refractivity contribution in [1.29, 1.82) is 0 Å². The molecule has 1 aliphatic rings. The van der Waals surface area contributed by atoms with Crippen molar-refractivity contribution in [1.82, 2.24) is 4.31 Å². The fourth-order valence-corrected chi connectivity index (χ4v) is 5.00. The van der Waals surface area contributed by atoms with Gasteiger partial charge in [-0.1, -0.05) is 0 Å². The van der Waals surface area contributed by atoms with Crippen LogP contribution in [0.1, 0.15) is 6.92 Å². The fourth-order valence-electron chi connectivity index (χ4n) is 3.40. The summed E-state index contributed by atoms with van der Waals surface area (Å²) in [4.78, 5) is 5.99. The highest BCUT2D eigenvalue weighted by atomic mass is 32.2. The summed E-state index contributed by atoms with van der Waals surface area (Å²) in [6, 6.07) is 7.38. The number of ether oxygens (including phenoxy) is 2. The highest BCUT2D eigenvalue weighted by Gasteiger charge is 2.54. The maximum Gasteiger partial charge on any atom is 0.233 e. The maximum absolute atomic E-state index is 14.0. The molecule has 0 radical (unpaired) electrons. The van der Waals surface area contributed by atoms with Crippen LogP contribution in [0.3, 0.4) is 0 Å². The van der Waals surface area contributed by atoms with Gasteiger partial charge in [0, 0.05) is 12.6 Å². The topological polar surface area (TPSA) is 105 Å². The average molecular weight is 461 g/mol. The summed E-state index contributed by atoms with van der Waals surface area (Å²) in [5.41, 5.74) is -2.39. The van der Waals surface area contributed by atoms with Gasteiger partial charge in [-0.2, -0.15) is 4.31 Å². The van der Waals surface area contributed by atoms with Crippen LogP contribution in [0, 0.1) is 19.0 Å². The number of sulfonamides is 1. The van der Waals surface area contributed by atoms with Crippen molar-refractivity contribution < 1.29 is 32.5 Å². The van der Waals surface area contributed by atoms with Gasteiger partial charge in [-0.3, -0.25) is 0 Å². The third-order valence-corrected chi connectivity index (χ3v) is 7.16. The van der Waals surface area contributed by atoms with Crippen LogP contribution in [0.25, 0.3) is 9.69 Å². The Balaban J connectivity index is 1.96. The van der Waals surface area contributed by atoms with E-state index in [2.05, 4.69) is 9.69 Å². The second-order valence-corrected chi connectivity index (χ2v) is 9.15. The Labute approximate surface area is 184 Å². The van der Waals surface area contributed by atoms with E-state index < -0.39 is 40.2 Å². The molecule has 0 saturated carbocycles. The molecule has 9 nitrogen and oxygen atoms in total. The molecule has 11 heteroatoms. The molecular formula is C21H20FN3O6S. The van der Waals surface area contributed by atoms with E-state index in [4.69, 9.17) is 22.6 Å². The molecule has 0 bridgehead atoms. The van der Waals surface area contributed by atoms with Gasteiger partial charge in [0.15, 0.2) is 0 Å². The lowest BCUT2D eigenvalue weighted by Gasteiger charge is -2.31. The van der Waals surface area contributed by atoms with E-state index >= 15 is 0 Å². The SMILES string of the molecule is [C-]#[N+]c1ccc(O[C@H]2CN(S(=O)(=O)c3ccc(OC)cc3[N+]#[C-])C[C@@]2(O)[C@H](C)O)cc1F. The van der Waals surface area contributed by atoms with E-state index in [0.717, 1.165) is 10.4 Å². The van der Waals surface area contributed by atoms with Gasteiger partial charge in [0.2, 0.25) is 21.4 Å². The number of aliphatic hydroxyl groups is 2. The minimum absolute atomic E-state index is 0.0375. The van der Waals surface area contributed by atoms with Crippen molar-refractivity contribution in [3.05, 3.63) is 65.0 Å². The summed E-state index contributed by atoms with van der Waals surface area (Å²) in [6.45, 7) is 14.6. The lowest BCUT2D eigenvalue weighted by molar-refractivity contribution is -0.104. The quantitative estimate of drug-likeness (QED) is 0.641. The summed E-state index contributed by atoms with van der Waals surface area (Å²) in [5, 5.41) is 21.2. The van der Waals surface area contributed by atoms with Gasteiger partial charge in [0.1, 0.15) is 29.0 Å².